The first kappa shape index (κ1) is 21.2. The highest BCUT2D eigenvalue weighted by atomic mass is 32.2. The van der Waals surface area contributed by atoms with E-state index in [1.807, 2.05) is 35.2 Å². The summed E-state index contributed by atoms with van der Waals surface area (Å²) in [6.07, 6.45) is 0. The number of benzene rings is 2. The highest BCUT2D eigenvalue weighted by Crippen LogP contribution is 2.26. The van der Waals surface area contributed by atoms with Crippen LogP contribution in [-0.2, 0) is 10.0 Å². The lowest BCUT2D eigenvalue weighted by molar-refractivity contribution is 0.382. The Morgan fingerprint density at radius 2 is 1.65 bits per heavy atom. The molecule has 1 saturated heterocycles. The molecule has 0 atom stereocenters. The van der Waals surface area contributed by atoms with Crippen LogP contribution in [0.2, 0.25) is 0 Å². The van der Waals surface area contributed by atoms with Crippen LogP contribution in [-0.4, -0.2) is 48.9 Å². The van der Waals surface area contributed by atoms with Crippen LogP contribution in [0.25, 0.3) is 0 Å². The Kier molecular flexibility index (Phi) is 5.88. The number of piperazine rings is 1. The van der Waals surface area contributed by atoms with Gasteiger partial charge in [-0.2, -0.15) is 9.29 Å². The highest BCUT2D eigenvalue weighted by Gasteiger charge is 2.30. The van der Waals surface area contributed by atoms with Gasteiger partial charge in [0.15, 0.2) is 0 Å². The van der Waals surface area contributed by atoms with Gasteiger partial charge in [0.2, 0.25) is 15.9 Å². The molecule has 0 bridgehead atoms. The summed E-state index contributed by atoms with van der Waals surface area (Å²) in [5, 5.41) is 0. The minimum absolute atomic E-state index is 0.0115. The molecule has 2 heterocycles. The lowest BCUT2D eigenvalue weighted by Gasteiger charge is -2.35. The monoisotopic (exact) mass is 442 g/mol. The van der Waals surface area contributed by atoms with Crippen LogP contribution in [0.1, 0.15) is 11.4 Å². The van der Waals surface area contributed by atoms with E-state index in [-0.39, 0.29) is 18.0 Å². The van der Waals surface area contributed by atoms with Gasteiger partial charge in [0, 0.05) is 32.2 Å². The maximum absolute atomic E-state index is 13.6. The zero-order valence-corrected chi connectivity index (χ0v) is 18.1. The van der Waals surface area contributed by atoms with Crippen LogP contribution in [0.5, 0.6) is 11.6 Å². The summed E-state index contributed by atoms with van der Waals surface area (Å²) >= 11 is 0. The predicted molar refractivity (Wildman–Crippen MR) is 115 cm³/mol. The van der Waals surface area contributed by atoms with Crippen molar-refractivity contribution in [3.8, 4) is 11.6 Å². The number of para-hydroxylation sites is 1. The summed E-state index contributed by atoms with van der Waals surface area (Å²) in [5.74, 6) is 1.78. The smallest absolute Gasteiger partial charge is 0.243 e. The van der Waals surface area contributed by atoms with Gasteiger partial charge in [0.05, 0.1) is 4.90 Å². The van der Waals surface area contributed by atoms with Crippen molar-refractivity contribution in [3.05, 3.63) is 71.8 Å². The van der Waals surface area contributed by atoms with Crippen molar-refractivity contribution >= 4 is 15.8 Å². The first-order valence-corrected chi connectivity index (χ1v) is 11.4. The van der Waals surface area contributed by atoms with E-state index < -0.39 is 15.8 Å². The minimum atomic E-state index is -3.77. The second kappa shape index (κ2) is 8.60. The number of halogens is 1. The third-order valence-electron chi connectivity index (χ3n) is 5.10. The Labute approximate surface area is 181 Å². The Hall–Kier alpha value is -3.04. The molecule has 0 saturated carbocycles. The van der Waals surface area contributed by atoms with Crippen molar-refractivity contribution < 1.29 is 17.5 Å². The lowest BCUT2D eigenvalue weighted by Crippen LogP contribution is -2.49. The normalized spacial score (nSPS) is 15.1. The Morgan fingerprint density at radius 1 is 0.935 bits per heavy atom. The van der Waals surface area contributed by atoms with Crippen LogP contribution in [0.15, 0.2) is 59.5 Å². The van der Waals surface area contributed by atoms with Gasteiger partial charge in [-0.15, -0.1) is 0 Å². The van der Waals surface area contributed by atoms with Gasteiger partial charge >= 0.3 is 0 Å². The van der Waals surface area contributed by atoms with E-state index in [1.54, 1.807) is 19.9 Å². The number of hydrogen-bond donors (Lipinski definition) is 0. The Bertz CT molecular complexity index is 1180. The van der Waals surface area contributed by atoms with Crippen LogP contribution < -0.4 is 9.64 Å². The zero-order valence-electron chi connectivity index (χ0n) is 17.3. The van der Waals surface area contributed by atoms with E-state index in [0.29, 0.717) is 41.9 Å². The Balaban J connectivity index is 1.49. The number of ether oxygens (including phenoxy) is 1. The molecule has 0 radical (unpaired) electrons. The summed E-state index contributed by atoms with van der Waals surface area (Å²) in [4.78, 5) is 10.8. The largest absolute Gasteiger partial charge is 0.439 e. The summed E-state index contributed by atoms with van der Waals surface area (Å²) in [6.45, 7) is 4.91. The average Bonchev–Trinajstić information content (AvgIpc) is 2.76. The van der Waals surface area contributed by atoms with E-state index in [4.69, 9.17) is 4.74 Å². The first-order chi connectivity index (χ1) is 14.8. The lowest BCUT2D eigenvalue weighted by atomic mass is 10.2. The van der Waals surface area contributed by atoms with Crippen molar-refractivity contribution in [2.75, 3.05) is 31.1 Å². The van der Waals surface area contributed by atoms with Crippen LogP contribution in [0.4, 0.5) is 10.2 Å². The van der Waals surface area contributed by atoms with Gasteiger partial charge in [-0.3, -0.25) is 0 Å². The van der Waals surface area contributed by atoms with Crippen molar-refractivity contribution in [2.24, 2.45) is 0 Å². The van der Waals surface area contributed by atoms with Crippen molar-refractivity contribution in [2.45, 2.75) is 18.7 Å². The summed E-state index contributed by atoms with van der Waals surface area (Å²) in [7, 11) is -3.77. The fourth-order valence-corrected chi connectivity index (χ4v) is 5.16. The number of nitrogens with zero attached hydrogens (tertiary/aromatic N) is 4. The molecule has 1 fully saturated rings. The summed E-state index contributed by atoms with van der Waals surface area (Å²) < 4.78 is 46.9. The fraction of sp³-hybridized carbons (Fsp3) is 0.273. The average molecular weight is 443 g/mol. The number of rotatable bonds is 5. The van der Waals surface area contributed by atoms with Gasteiger partial charge in [0.25, 0.3) is 0 Å². The molecule has 31 heavy (non-hydrogen) atoms. The number of sulfonamides is 1. The molecule has 0 N–H and O–H groups in total. The van der Waals surface area contributed by atoms with E-state index >= 15 is 0 Å². The number of aryl methyl sites for hydroxylation is 2. The predicted octanol–water partition coefficient (Wildman–Crippen LogP) is 3.54. The van der Waals surface area contributed by atoms with E-state index in [9.17, 15) is 12.8 Å². The molecule has 0 aliphatic carbocycles. The molecular formula is C22H23FN4O3S. The summed E-state index contributed by atoms with van der Waals surface area (Å²) in [5.41, 5.74) is 0.526. The molecular weight excluding hydrogens is 419 g/mol. The number of hydrogen-bond acceptors (Lipinski definition) is 6. The van der Waals surface area contributed by atoms with E-state index in [1.165, 1.54) is 16.4 Å². The van der Waals surface area contributed by atoms with Crippen LogP contribution in [0, 0.1) is 19.7 Å². The molecule has 4 rings (SSSR count). The maximum atomic E-state index is 13.6. The molecule has 1 aromatic heterocycles. The van der Waals surface area contributed by atoms with Crippen molar-refractivity contribution in [1.29, 1.82) is 0 Å². The molecule has 162 valence electrons. The molecule has 9 heteroatoms. The third-order valence-corrected chi connectivity index (χ3v) is 7.14. The quantitative estimate of drug-likeness (QED) is 0.602. The minimum Gasteiger partial charge on any atom is -0.439 e. The third kappa shape index (κ3) is 4.67. The number of aromatic nitrogens is 2. The first-order valence-electron chi connectivity index (χ1n) is 9.93. The molecule has 0 unspecified atom stereocenters. The number of anilines is 1. The molecule has 1 aliphatic rings. The van der Waals surface area contributed by atoms with Crippen molar-refractivity contribution in [1.82, 2.24) is 14.3 Å². The fourth-order valence-electron chi connectivity index (χ4n) is 3.50. The maximum Gasteiger partial charge on any atom is 0.243 e. The van der Waals surface area contributed by atoms with Gasteiger partial charge < -0.3 is 9.64 Å². The van der Waals surface area contributed by atoms with Crippen LogP contribution >= 0.6 is 0 Å². The molecule has 3 aromatic rings. The van der Waals surface area contributed by atoms with Crippen molar-refractivity contribution in [3.63, 3.8) is 0 Å². The van der Waals surface area contributed by atoms with E-state index in [0.717, 1.165) is 6.07 Å². The highest BCUT2D eigenvalue weighted by molar-refractivity contribution is 7.89. The zero-order chi connectivity index (χ0) is 22.0. The molecule has 1 aliphatic heterocycles. The summed E-state index contributed by atoms with van der Waals surface area (Å²) in [6, 6.07) is 14.9. The van der Waals surface area contributed by atoms with Crippen LogP contribution in [0.3, 0.4) is 0 Å². The molecule has 2 aromatic carbocycles. The Morgan fingerprint density at radius 3 is 2.35 bits per heavy atom. The van der Waals surface area contributed by atoms with Gasteiger partial charge in [0.1, 0.15) is 23.2 Å². The second-order valence-electron chi connectivity index (χ2n) is 7.33. The topological polar surface area (TPSA) is 75.6 Å². The molecule has 7 nitrogen and oxygen atoms in total. The molecule has 0 amide bonds. The standard InChI is InChI=1S/C22H23FN4O3S/c1-16-8-9-18(23)14-20(16)31(28,29)27-12-10-26(11-13-27)21-15-22(25-17(2)24-21)30-19-6-4-3-5-7-19/h3-9,14-15H,10-13H2,1-2H3. The van der Waals surface area contributed by atoms with Gasteiger partial charge in [-0.1, -0.05) is 24.3 Å². The molecule has 0 spiro atoms. The van der Waals surface area contributed by atoms with E-state index in [2.05, 4.69) is 9.97 Å². The van der Waals surface area contributed by atoms with Gasteiger partial charge in [-0.05, 0) is 43.7 Å². The second-order valence-corrected chi connectivity index (χ2v) is 9.23. The SMILES string of the molecule is Cc1nc(Oc2ccccc2)cc(N2CCN(S(=O)(=O)c3cc(F)ccc3C)CC2)n1. The van der Waals surface area contributed by atoms with Gasteiger partial charge in [-0.25, -0.2) is 17.8 Å².